The topological polar surface area (TPSA) is 25.2 Å². The van der Waals surface area contributed by atoms with Crippen molar-refractivity contribution in [1.29, 1.82) is 0 Å². The first kappa shape index (κ1) is 24.8. The average Bonchev–Trinajstić information content (AvgIpc) is 2.79. The molecule has 0 spiro atoms. The Morgan fingerprint density at radius 3 is 1.83 bits per heavy atom. The minimum absolute atomic E-state index is 0.293. The molecule has 2 heteroatoms. The summed E-state index contributed by atoms with van der Waals surface area (Å²) in [5.74, 6) is 0. The monoisotopic (exact) mass is 410 g/mol. The molecule has 1 aromatic heterocycles. The van der Waals surface area contributed by atoms with E-state index < -0.39 is 0 Å². The van der Waals surface area contributed by atoms with Crippen LogP contribution in [0.3, 0.4) is 0 Å². The van der Waals surface area contributed by atoms with E-state index in [4.69, 9.17) is 4.99 Å². The maximum Gasteiger partial charge on any atom is 0.0844 e. The standard InChI is InChI=1S/C28H46N2/c1-3-5-7-9-11-13-16-20-28(21-17-14-12-10-8-6-4-2)22-24-30-27(25-28)26-19-15-18-23-29-26/h15,18-19,22-24H,3-14,16-17,20-21,25H2,1-2H3. The molecule has 0 aliphatic carbocycles. The number of aromatic nitrogens is 1. The fourth-order valence-electron chi connectivity index (χ4n) is 4.75. The molecule has 1 aliphatic rings. The molecule has 0 N–H and O–H groups in total. The first-order chi connectivity index (χ1) is 14.8. The van der Waals surface area contributed by atoms with E-state index in [2.05, 4.69) is 43.2 Å². The Labute approximate surface area is 186 Å². The van der Waals surface area contributed by atoms with Crippen LogP contribution in [0.15, 0.2) is 41.7 Å². The second kappa shape index (κ2) is 15.4. The molecular formula is C28H46N2. The predicted molar refractivity (Wildman–Crippen MR) is 132 cm³/mol. The van der Waals surface area contributed by atoms with Gasteiger partial charge in [-0.3, -0.25) is 9.98 Å². The zero-order chi connectivity index (χ0) is 21.3. The Bertz CT molecular complexity index is 584. The third kappa shape index (κ3) is 9.58. The largest absolute Gasteiger partial charge is 0.259 e. The van der Waals surface area contributed by atoms with E-state index >= 15 is 0 Å². The number of rotatable bonds is 17. The smallest absolute Gasteiger partial charge is 0.0844 e. The number of nitrogens with zero attached hydrogens (tertiary/aromatic N) is 2. The zero-order valence-electron chi connectivity index (χ0n) is 19.9. The Hall–Kier alpha value is -1.44. The minimum atomic E-state index is 0.293. The molecule has 30 heavy (non-hydrogen) atoms. The molecule has 0 aromatic carbocycles. The van der Waals surface area contributed by atoms with Crippen LogP contribution in [0.1, 0.15) is 129 Å². The van der Waals surface area contributed by atoms with Crippen molar-refractivity contribution in [2.45, 2.75) is 123 Å². The second-order valence-electron chi connectivity index (χ2n) is 9.39. The van der Waals surface area contributed by atoms with Gasteiger partial charge < -0.3 is 0 Å². The lowest BCUT2D eigenvalue weighted by atomic mass is 9.72. The third-order valence-electron chi connectivity index (χ3n) is 6.69. The van der Waals surface area contributed by atoms with Crippen molar-refractivity contribution in [2.24, 2.45) is 10.4 Å². The van der Waals surface area contributed by atoms with Crippen LogP contribution in [0.2, 0.25) is 0 Å². The Kier molecular flexibility index (Phi) is 12.7. The van der Waals surface area contributed by atoms with E-state index in [1.165, 1.54) is 108 Å². The summed E-state index contributed by atoms with van der Waals surface area (Å²) in [7, 11) is 0. The van der Waals surface area contributed by atoms with Crippen molar-refractivity contribution in [3.05, 3.63) is 42.4 Å². The SMILES string of the molecule is CCCCCCCCCC1(CCCCCCCCC)C=CN=C(c2ccccn2)C1. The number of aliphatic imine (C=N–C) groups is 1. The van der Waals surface area contributed by atoms with Crippen molar-refractivity contribution in [3.8, 4) is 0 Å². The molecule has 0 amide bonds. The summed E-state index contributed by atoms with van der Waals surface area (Å²) in [5, 5.41) is 0. The molecule has 0 saturated carbocycles. The predicted octanol–water partition coefficient (Wildman–Crippen LogP) is 9.06. The lowest BCUT2D eigenvalue weighted by molar-refractivity contribution is 0.303. The first-order valence-corrected chi connectivity index (χ1v) is 13.0. The summed E-state index contributed by atoms with van der Waals surface area (Å²) < 4.78 is 0. The van der Waals surface area contributed by atoms with Gasteiger partial charge >= 0.3 is 0 Å². The molecule has 0 saturated heterocycles. The lowest BCUT2D eigenvalue weighted by Crippen LogP contribution is -2.26. The maximum atomic E-state index is 4.72. The minimum Gasteiger partial charge on any atom is -0.259 e. The van der Waals surface area contributed by atoms with E-state index in [0.717, 1.165) is 12.1 Å². The van der Waals surface area contributed by atoms with E-state index in [1.54, 1.807) is 0 Å². The van der Waals surface area contributed by atoms with Crippen molar-refractivity contribution in [1.82, 2.24) is 4.98 Å². The molecule has 1 aliphatic heterocycles. The number of unbranched alkanes of at least 4 members (excludes halogenated alkanes) is 12. The van der Waals surface area contributed by atoms with Gasteiger partial charge in [-0.1, -0.05) is 116 Å². The highest BCUT2D eigenvalue weighted by Crippen LogP contribution is 2.40. The number of pyridine rings is 1. The van der Waals surface area contributed by atoms with Crippen LogP contribution in [0.5, 0.6) is 0 Å². The molecule has 2 heterocycles. The molecule has 168 valence electrons. The molecule has 2 nitrogen and oxygen atoms in total. The fourth-order valence-corrected chi connectivity index (χ4v) is 4.75. The van der Waals surface area contributed by atoms with Gasteiger partial charge in [0.05, 0.1) is 11.4 Å². The fraction of sp³-hybridized carbons (Fsp3) is 0.714. The molecule has 0 unspecified atom stereocenters. The Morgan fingerprint density at radius 1 is 0.733 bits per heavy atom. The molecule has 0 atom stereocenters. The molecule has 1 aromatic rings. The quantitative estimate of drug-likeness (QED) is 0.235. The average molecular weight is 411 g/mol. The van der Waals surface area contributed by atoms with Gasteiger partial charge in [0, 0.05) is 18.8 Å². The number of hydrogen-bond donors (Lipinski definition) is 0. The number of allylic oxidation sites excluding steroid dienone is 1. The van der Waals surface area contributed by atoms with Crippen LogP contribution in [0.25, 0.3) is 0 Å². The summed E-state index contributed by atoms with van der Waals surface area (Å²) in [4.78, 5) is 9.30. The Morgan fingerprint density at radius 2 is 1.30 bits per heavy atom. The van der Waals surface area contributed by atoms with Crippen molar-refractivity contribution < 1.29 is 0 Å². The molecular weight excluding hydrogens is 364 g/mol. The summed E-state index contributed by atoms with van der Waals surface area (Å²) >= 11 is 0. The van der Waals surface area contributed by atoms with E-state index in [9.17, 15) is 0 Å². The number of hydrogen-bond acceptors (Lipinski definition) is 2. The highest BCUT2D eigenvalue weighted by atomic mass is 14.8. The molecule has 0 fully saturated rings. The van der Waals surface area contributed by atoms with Crippen LogP contribution in [-0.4, -0.2) is 10.7 Å². The summed E-state index contributed by atoms with van der Waals surface area (Å²) in [6, 6.07) is 6.19. The van der Waals surface area contributed by atoms with Gasteiger partial charge in [0.25, 0.3) is 0 Å². The molecule has 0 bridgehead atoms. The van der Waals surface area contributed by atoms with Crippen LogP contribution in [-0.2, 0) is 0 Å². The van der Waals surface area contributed by atoms with Gasteiger partial charge in [-0.05, 0) is 30.4 Å². The van der Waals surface area contributed by atoms with Gasteiger partial charge in [-0.2, -0.15) is 0 Å². The third-order valence-corrected chi connectivity index (χ3v) is 6.69. The van der Waals surface area contributed by atoms with Crippen molar-refractivity contribution in [2.75, 3.05) is 0 Å². The molecule has 2 rings (SSSR count). The van der Waals surface area contributed by atoms with Gasteiger partial charge in [0.1, 0.15) is 0 Å². The van der Waals surface area contributed by atoms with E-state index in [0.29, 0.717) is 5.41 Å². The normalized spacial score (nSPS) is 15.3. The summed E-state index contributed by atoms with van der Waals surface area (Å²) in [5.41, 5.74) is 2.54. The van der Waals surface area contributed by atoms with Gasteiger partial charge in [-0.15, -0.1) is 0 Å². The van der Waals surface area contributed by atoms with Gasteiger partial charge in [0.15, 0.2) is 0 Å². The van der Waals surface area contributed by atoms with Crippen LogP contribution in [0, 0.1) is 5.41 Å². The van der Waals surface area contributed by atoms with Crippen molar-refractivity contribution in [3.63, 3.8) is 0 Å². The lowest BCUT2D eigenvalue weighted by Gasteiger charge is -2.33. The second-order valence-corrected chi connectivity index (χ2v) is 9.39. The highest BCUT2D eigenvalue weighted by molar-refractivity contribution is 6.00. The maximum absolute atomic E-state index is 4.72. The van der Waals surface area contributed by atoms with Gasteiger partial charge in [0.2, 0.25) is 0 Å². The summed E-state index contributed by atoms with van der Waals surface area (Å²) in [6.07, 6.45) is 29.5. The van der Waals surface area contributed by atoms with Gasteiger partial charge in [-0.25, -0.2) is 0 Å². The zero-order valence-corrected chi connectivity index (χ0v) is 19.9. The first-order valence-electron chi connectivity index (χ1n) is 13.0. The van der Waals surface area contributed by atoms with E-state index in [1.807, 2.05) is 12.3 Å². The van der Waals surface area contributed by atoms with E-state index in [-0.39, 0.29) is 0 Å². The van der Waals surface area contributed by atoms with Crippen molar-refractivity contribution >= 4 is 5.71 Å². The van der Waals surface area contributed by atoms with Crippen LogP contribution in [0.4, 0.5) is 0 Å². The van der Waals surface area contributed by atoms with Crippen LogP contribution < -0.4 is 0 Å². The highest BCUT2D eigenvalue weighted by Gasteiger charge is 2.30. The summed E-state index contributed by atoms with van der Waals surface area (Å²) in [6.45, 7) is 4.59. The molecule has 0 radical (unpaired) electrons. The van der Waals surface area contributed by atoms with Crippen LogP contribution >= 0.6 is 0 Å². The Balaban J connectivity index is 1.85.